The van der Waals surface area contributed by atoms with Crippen molar-refractivity contribution in [3.63, 3.8) is 0 Å². The largest absolute Gasteiger partial charge is 0.461 e. The van der Waals surface area contributed by atoms with Gasteiger partial charge in [0.15, 0.2) is 0 Å². The monoisotopic (exact) mass is 417 g/mol. The molecule has 0 saturated heterocycles. The van der Waals surface area contributed by atoms with Crippen LogP contribution in [0.2, 0.25) is 0 Å². The minimum atomic E-state index is -0.460. The molecule has 0 spiro atoms. The SMILES string of the molecule is CCOC(=O)c1nc(COC(=O)c2cccc(I)c2)cs1. The highest BCUT2D eigenvalue weighted by molar-refractivity contribution is 14.1. The van der Waals surface area contributed by atoms with Crippen molar-refractivity contribution in [2.45, 2.75) is 13.5 Å². The maximum Gasteiger partial charge on any atom is 0.367 e. The zero-order valence-corrected chi connectivity index (χ0v) is 14.1. The van der Waals surface area contributed by atoms with E-state index in [2.05, 4.69) is 27.6 Å². The highest BCUT2D eigenvalue weighted by Gasteiger charge is 2.13. The summed E-state index contributed by atoms with van der Waals surface area (Å²) in [6.07, 6.45) is 0. The van der Waals surface area contributed by atoms with Gasteiger partial charge in [-0.1, -0.05) is 6.07 Å². The molecule has 2 rings (SSSR count). The molecule has 0 amide bonds. The van der Waals surface area contributed by atoms with Crippen LogP contribution in [0.5, 0.6) is 0 Å². The van der Waals surface area contributed by atoms with Gasteiger partial charge in [0.1, 0.15) is 6.61 Å². The minimum Gasteiger partial charge on any atom is -0.461 e. The Bertz CT molecular complexity index is 656. The Morgan fingerprint density at radius 2 is 2.10 bits per heavy atom. The summed E-state index contributed by atoms with van der Waals surface area (Å²) in [6, 6.07) is 7.12. The van der Waals surface area contributed by atoms with E-state index in [0.29, 0.717) is 17.9 Å². The number of carbonyl (C=O) groups excluding carboxylic acids is 2. The second-order valence-corrected chi connectivity index (χ2v) is 6.05. The Morgan fingerprint density at radius 3 is 2.81 bits per heavy atom. The van der Waals surface area contributed by atoms with Gasteiger partial charge in [-0.2, -0.15) is 0 Å². The van der Waals surface area contributed by atoms with E-state index in [1.54, 1.807) is 30.5 Å². The first-order chi connectivity index (χ1) is 10.1. The fourth-order valence-electron chi connectivity index (χ4n) is 1.50. The summed E-state index contributed by atoms with van der Waals surface area (Å²) >= 11 is 3.30. The molecule has 1 aromatic carbocycles. The lowest BCUT2D eigenvalue weighted by atomic mass is 10.2. The van der Waals surface area contributed by atoms with Crippen molar-refractivity contribution in [2.24, 2.45) is 0 Å². The maximum atomic E-state index is 11.9. The molecule has 7 heteroatoms. The van der Waals surface area contributed by atoms with Crippen molar-refractivity contribution >= 4 is 45.9 Å². The Kier molecular flexibility index (Phi) is 5.68. The van der Waals surface area contributed by atoms with Gasteiger partial charge in [-0.3, -0.25) is 0 Å². The number of thiazole rings is 1. The van der Waals surface area contributed by atoms with Crippen LogP contribution in [0.3, 0.4) is 0 Å². The summed E-state index contributed by atoms with van der Waals surface area (Å²) in [4.78, 5) is 27.4. The van der Waals surface area contributed by atoms with E-state index in [4.69, 9.17) is 9.47 Å². The molecule has 1 heterocycles. The van der Waals surface area contributed by atoms with Crippen molar-refractivity contribution in [1.29, 1.82) is 0 Å². The van der Waals surface area contributed by atoms with Gasteiger partial charge < -0.3 is 9.47 Å². The number of rotatable bonds is 5. The lowest BCUT2D eigenvalue weighted by Crippen LogP contribution is -2.07. The normalized spacial score (nSPS) is 10.2. The number of ether oxygens (including phenoxy) is 2. The molecule has 0 aliphatic heterocycles. The first-order valence-electron chi connectivity index (χ1n) is 6.14. The van der Waals surface area contributed by atoms with Crippen LogP contribution >= 0.6 is 33.9 Å². The number of benzene rings is 1. The standard InChI is InChI=1S/C14H12INO4S/c1-2-19-14(18)12-16-11(8-21-12)7-20-13(17)9-4-3-5-10(15)6-9/h3-6,8H,2,7H2,1H3. The number of carbonyl (C=O) groups is 2. The van der Waals surface area contributed by atoms with Crippen molar-refractivity contribution in [3.8, 4) is 0 Å². The summed E-state index contributed by atoms with van der Waals surface area (Å²) in [5.41, 5.74) is 1.02. The fraction of sp³-hybridized carbons (Fsp3) is 0.214. The van der Waals surface area contributed by atoms with Crippen LogP contribution in [0.1, 0.15) is 32.8 Å². The van der Waals surface area contributed by atoms with Crippen LogP contribution in [0.25, 0.3) is 0 Å². The van der Waals surface area contributed by atoms with E-state index in [0.717, 1.165) is 3.57 Å². The van der Waals surface area contributed by atoms with Gasteiger partial charge in [0, 0.05) is 8.95 Å². The van der Waals surface area contributed by atoms with E-state index < -0.39 is 11.9 Å². The molecule has 0 radical (unpaired) electrons. The molecule has 0 N–H and O–H groups in total. The number of esters is 2. The molecular weight excluding hydrogens is 405 g/mol. The summed E-state index contributed by atoms with van der Waals surface area (Å²) in [5.74, 6) is -0.878. The lowest BCUT2D eigenvalue weighted by molar-refractivity contribution is 0.0468. The molecule has 0 saturated carbocycles. The maximum absolute atomic E-state index is 11.9. The third-order valence-electron chi connectivity index (χ3n) is 2.41. The van der Waals surface area contributed by atoms with Crippen LogP contribution in [0.15, 0.2) is 29.6 Å². The Hall–Kier alpha value is -1.48. The van der Waals surface area contributed by atoms with Crippen LogP contribution in [0.4, 0.5) is 0 Å². The molecular formula is C14H12INO4S. The molecule has 1 aromatic heterocycles. The number of halogens is 1. The van der Waals surface area contributed by atoms with Gasteiger partial charge in [-0.15, -0.1) is 11.3 Å². The Labute approximate surface area is 139 Å². The Balaban J connectivity index is 1.94. The highest BCUT2D eigenvalue weighted by Crippen LogP contribution is 2.14. The third-order valence-corrected chi connectivity index (χ3v) is 3.96. The van der Waals surface area contributed by atoms with Crippen LogP contribution in [-0.4, -0.2) is 23.5 Å². The van der Waals surface area contributed by atoms with Crippen LogP contribution in [-0.2, 0) is 16.1 Å². The van der Waals surface area contributed by atoms with E-state index in [1.807, 2.05) is 6.07 Å². The van der Waals surface area contributed by atoms with Crippen LogP contribution in [0, 0.1) is 3.57 Å². The van der Waals surface area contributed by atoms with E-state index in [9.17, 15) is 9.59 Å². The highest BCUT2D eigenvalue weighted by atomic mass is 127. The summed E-state index contributed by atoms with van der Waals surface area (Å²) < 4.78 is 11.0. The van der Waals surface area contributed by atoms with E-state index >= 15 is 0 Å². The quantitative estimate of drug-likeness (QED) is 0.552. The predicted molar refractivity (Wildman–Crippen MR) is 86.3 cm³/mol. The van der Waals surface area contributed by atoms with Crippen molar-refractivity contribution in [3.05, 3.63) is 49.5 Å². The van der Waals surface area contributed by atoms with Gasteiger partial charge in [0.2, 0.25) is 5.01 Å². The van der Waals surface area contributed by atoms with Crippen molar-refractivity contribution < 1.29 is 19.1 Å². The minimum absolute atomic E-state index is 0.0280. The molecule has 0 bridgehead atoms. The number of nitrogens with zero attached hydrogens (tertiary/aromatic N) is 1. The first-order valence-corrected chi connectivity index (χ1v) is 8.10. The third kappa shape index (κ3) is 4.50. The Morgan fingerprint density at radius 1 is 1.29 bits per heavy atom. The topological polar surface area (TPSA) is 65.5 Å². The fourth-order valence-corrected chi connectivity index (χ4v) is 2.73. The molecule has 0 unspecified atom stereocenters. The van der Waals surface area contributed by atoms with Gasteiger partial charge in [0.05, 0.1) is 17.9 Å². The van der Waals surface area contributed by atoms with Crippen molar-refractivity contribution in [1.82, 2.24) is 4.98 Å². The first kappa shape index (κ1) is 15.9. The molecule has 110 valence electrons. The smallest absolute Gasteiger partial charge is 0.367 e. The van der Waals surface area contributed by atoms with Crippen LogP contribution < -0.4 is 0 Å². The van der Waals surface area contributed by atoms with Crippen molar-refractivity contribution in [2.75, 3.05) is 6.61 Å². The van der Waals surface area contributed by atoms with Gasteiger partial charge >= 0.3 is 11.9 Å². The van der Waals surface area contributed by atoms with Gasteiger partial charge in [0.25, 0.3) is 0 Å². The average Bonchev–Trinajstić information content (AvgIpc) is 2.94. The molecule has 0 fully saturated rings. The van der Waals surface area contributed by atoms with E-state index in [-0.39, 0.29) is 11.6 Å². The number of hydrogen-bond acceptors (Lipinski definition) is 6. The zero-order valence-electron chi connectivity index (χ0n) is 11.2. The molecule has 0 aliphatic rings. The number of aromatic nitrogens is 1. The molecule has 21 heavy (non-hydrogen) atoms. The van der Waals surface area contributed by atoms with E-state index in [1.165, 1.54) is 11.3 Å². The number of hydrogen-bond donors (Lipinski definition) is 0. The lowest BCUT2D eigenvalue weighted by Gasteiger charge is -2.03. The second kappa shape index (κ2) is 7.51. The molecule has 0 aliphatic carbocycles. The summed E-state index contributed by atoms with van der Waals surface area (Å²) in [7, 11) is 0. The predicted octanol–water partition coefficient (Wildman–Crippen LogP) is 3.28. The average molecular weight is 417 g/mol. The summed E-state index contributed by atoms with van der Waals surface area (Å²) in [5, 5.41) is 1.94. The van der Waals surface area contributed by atoms with Gasteiger partial charge in [-0.05, 0) is 47.7 Å². The zero-order chi connectivity index (χ0) is 15.2. The second-order valence-electron chi connectivity index (χ2n) is 3.95. The molecule has 5 nitrogen and oxygen atoms in total. The molecule has 2 aromatic rings. The molecule has 0 atom stereocenters. The summed E-state index contributed by atoms with van der Waals surface area (Å²) in [6.45, 7) is 2.06. The van der Waals surface area contributed by atoms with Gasteiger partial charge in [-0.25, -0.2) is 14.6 Å².